The highest BCUT2D eigenvalue weighted by Crippen LogP contribution is 2.19. The van der Waals surface area contributed by atoms with Gasteiger partial charge in [-0.1, -0.05) is 0 Å². The van der Waals surface area contributed by atoms with E-state index in [4.69, 9.17) is 5.11 Å². The number of piperazine rings is 1. The Kier molecular flexibility index (Phi) is 4.28. The van der Waals surface area contributed by atoms with Gasteiger partial charge < -0.3 is 10.0 Å². The van der Waals surface area contributed by atoms with Gasteiger partial charge in [0.15, 0.2) is 0 Å². The zero-order valence-corrected chi connectivity index (χ0v) is 10.2. The maximum Gasteiger partial charge on any atom is 0.150 e. The second kappa shape index (κ2) is 5.93. The number of hydrogen-bond donors (Lipinski definition) is 1. The van der Waals surface area contributed by atoms with Crippen molar-refractivity contribution in [1.29, 1.82) is 0 Å². The van der Waals surface area contributed by atoms with Crippen LogP contribution in [-0.4, -0.2) is 55.6 Å². The lowest BCUT2D eigenvalue weighted by Gasteiger charge is -2.35. The number of β-amino-alcohol motifs (C(OH)–C–C–N with tert-alkyl or cyclic N) is 1. The second-order valence-electron chi connectivity index (χ2n) is 4.41. The fraction of sp³-hybridized carbons (Fsp3) is 0.462. The molecule has 0 spiro atoms. The van der Waals surface area contributed by atoms with E-state index >= 15 is 0 Å². The van der Waals surface area contributed by atoms with E-state index in [1.54, 1.807) is 6.07 Å². The molecule has 18 heavy (non-hydrogen) atoms. The zero-order chi connectivity index (χ0) is 13.0. The molecule has 5 heteroatoms. The largest absolute Gasteiger partial charge is 0.395 e. The number of carbonyl (C=O) groups excluding carboxylic acids is 1. The monoisotopic (exact) mass is 252 g/mol. The van der Waals surface area contributed by atoms with Crippen LogP contribution in [0.15, 0.2) is 18.2 Å². The van der Waals surface area contributed by atoms with Crippen molar-refractivity contribution in [2.45, 2.75) is 0 Å². The Morgan fingerprint density at radius 2 is 1.94 bits per heavy atom. The Morgan fingerprint density at radius 3 is 2.56 bits per heavy atom. The molecule has 4 nitrogen and oxygen atoms in total. The third-order valence-corrected chi connectivity index (χ3v) is 3.19. The molecule has 0 unspecified atom stereocenters. The summed E-state index contributed by atoms with van der Waals surface area (Å²) in [5.41, 5.74) is 1.11. The summed E-state index contributed by atoms with van der Waals surface area (Å²) >= 11 is 0. The van der Waals surface area contributed by atoms with Crippen molar-refractivity contribution in [2.75, 3.05) is 44.2 Å². The second-order valence-corrected chi connectivity index (χ2v) is 4.41. The van der Waals surface area contributed by atoms with Crippen LogP contribution >= 0.6 is 0 Å². The van der Waals surface area contributed by atoms with Gasteiger partial charge in [0.25, 0.3) is 0 Å². The van der Waals surface area contributed by atoms with Crippen molar-refractivity contribution in [3.8, 4) is 0 Å². The van der Waals surface area contributed by atoms with E-state index in [0.717, 1.165) is 31.9 Å². The minimum Gasteiger partial charge on any atom is -0.395 e. The fourth-order valence-electron chi connectivity index (χ4n) is 2.22. The van der Waals surface area contributed by atoms with Crippen LogP contribution in [0, 0.1) is 5.82 Å². The average molecular weight is 252 g/mol. The first-order valence-corrected chi connectivity index (χ1v) is 6.07. The Hall–Kier alpha value is -1.46. The smallest absolute Gasteiger partial charge is 0.150 e. The third kappa shape index (κ3) is 3.05. The van der Waals surface area contributed by atoms with Crippen LogP contribution < -0.4 is 4.90 Å². The van der Waals surface area contributed by atoms with Crippen LogP contribution in [0.25, 0.3) is 0 Å². The third-order valence-electron chi connectivity index (χ3n) is 3.19. The molecule has 0 amide bonds. The lowest BCUT2D eigenvalue weighted by Crippen LogP contribution is -2.47. The highest BCUT2D eigenvalue weighted by molar-refractivity contribution is 5.77. The van der Waals surface area contributed by atoms with Gasteiger partial charge in [0, 0.05) is 44.0 Å². The van der Waals surface area contributed by atoms with E-state index in [1.807, 2.05) is 0 Å². The Bertz CT molecular complexity index is 417. The number of benzene rings is 1. The Morgan fingerprint density at radius 1 is 1.22 bits per heavy atom. The maximum atomic E-state index is 13.3. The summed E-state index contributed by atoms with van der Waals surface area (Å²) in [5, 5.41) is 8.86. The first-order valence-electron chi connectivity index (χ1n) is 6.07. The van der Waals surface area contributed by atoms with Gasteiger partial charge in [0.2, 0.25) is 0 Å². The molecule has 1 aromatic rings. The van der Waals surface area contributed by atoms with E-state index in [0.29, 0.717) is 18.4 Å². The summed E-state index contributed by atoms with van der Waals surface area (Å²) < 4.78 is 13.3. The fourth-order valence-corrected chi connectivity index (χ4v) is 2.22. The Balaban J connectivity index is 2.05. The van der Waals surface area contributed by atoms with Gasteiger partial charge in [-0.05, 0) is 18.2 Å². The topological polar surface area (TPSA) is 43.8 Å². The predicted octanol–water partition coefficient (Wildman–Crippen LogP) is 0.753. The van der Waals surface area contributed by atoms with Crippen LogP contribution in [-0.2, 0) is 0 Å². The first kappa shape index (κ1) is 13.0. The minimum absolute atomic E-state index is 0.162. The number of anilines is 1. The maximum absolute atomic E-state index is 13.3. The number of rotatable bonds is 4. The summed E-state index contributed by atoms with van der Waals surface area (Å²) in [6, 6.07) is 4.39. The van der Waals surface area contributed by atoms with Crippen molar-refractivity contribution in [2.24, 2.45) is 0 Å². The molecule has 0 aliphatic carbocycles. The molecule has 1 N–H and O–H groups in total. The van der Waals surface area contributed by atoms with Gasteiger partial charge in [0.1, 0.15) is 12.1 Å². The minimum atomic E-state index is -0.382. The van der Waals surface area contributed by atoms with Crippen LogP contribution in [0.5, 0.6) is 0 Å². The number of aliphatic hydroxyl groups excluding tert-OH is 1. The van der Waals surface area contributed by atoms with Crippen molar-refractivity contribution in [3.63, 3.8) is 0 Å². The van der Waals surface area contributed by atoms with Crippen LogP contribution in [0.3, 0.4) is 0 Å². The number of nitrogens with zero attached hydrogens (tertiary/aromatic N) is 2. The highest BCUT2D eigenvalue weighted by Gasteiger charge is 2.17. The summed E-state index contributed by atoms with van der Waals surface area (Å²) in [7, 11) is 0. The number of aldehydes is 1. The zero-order valence-electron chi connectivity index (χ0n) is 10.2. The van der Waals surface area contributed by atoms with Crippen LogP contribution in [0.4, 0.5) is 10.1 Å². The standard InChI is InChI=1S/C13H17FN2O2/c14-12-7-11(10-18)8-13(9-12)16-3-1-15(2-4-16)5-6-17/h7-10,17H,1-6H2. The molecule has 0 saturated carbocycles. The quantitative estimate of drug-likeness (QED) is 0.803. The van der Waals surface area contributed by atoms with E-state index < -0.39 is 0 Å². The number of halogens is 1. The van der Waals surface area contributed by atoms with Gasteiger partial charge in [-0.25, -0.2) is 4.39 Å². The van der Waals surface area contributed by atoms with Gasteiger partial charge in [0.05, 0.1) is 6.61 Å². The molecule has 2 rings (SSSR count). The lowest BCUT2D eigenvalue weighted by atomic mass is 10.1. The summed E-state index contributed by atoms with van der Waals surface area (Å²) in [6.07, 6.45) is 0.661. The summed E-state index contributed by atoms with van der Waals surface area (Å²) in [6.45, 7) is 4.08. The molecule has 98 valence electrons. The van der Waals surface area contributed by atoms with Crippen molar-refractivity contribution in [3.05, 3.63) is 29.6 Å². The molecule has 1 aromatic carbocycles. The molecule has 0 aromatic heterocycles. The van der Waals surface area contributed by atoms with Gasteiger partial charge in [-0.15, -0.1) is 0 Å². The van der Waals surface area contributed by atoms with Crippen molar-refractivity contribution < 1.29 is 14.3 Å². The molecule has 1 heterocycles. The van der Waals surface area contributed by atoms with Crippen molar-refractivity contribution in [1.82, 2.24) is 4.90 Å². The summed E-state index contributed by atoms with van der Waals surface area (Å²) in [5.74, 6) is -0.382. The molecule has 0 atom stereocenters. The highest BCUT2D eigenvalue weighted by atomic mass is 19.1. The molecular weight excluding hydrogens is 235 g/mol. The molecule has 0 radical (unpaired) electrons. The number of aliphatic hydroxyl groups is 1. The van der Waals surface area contributed by atoms with Crippen LogP contribution in [0.1, 0.15) is 10.4 Å². The normalized spacial score (nSPS) is 16.9. The van der Waals surface area contributed by atoms with Crippen molar-refractivity contribution >= 4 is 12.0 Å². The molecule has 1 fully saturated rings. The molecule has 0 bridgehead atoms. The number of carbonyl (C=O) groups is 1. The van der Waals surface area contributed by atoms with Crippen LogP contribution in [0.2, 0.25) is 0 Å². The Labute approximate surface area is 106 Å². The lowest BCUT2D eigenvalue weighted by molar-refractivity contribution is 0.112. The van der Waals surface area contributed by atoms with Gasteiger partial charge in [-0.3, -0.25) is 9.69 Å². The number of hydrogen-bond acceptors (Lipinski definition) is 4. The molecule has 1 aliphatic heterocycles. The van der Waals surface area contributed by atoms with E-state index in [-0.39, 0.29) is 12.4 Å². The van der Waals surface area contributed by atoms with E-state index in [2.05, 4.69) is 9.80 Å². The predicted molar refractivity (Wildman–Crippen MR) is 67.5 cm³/mol. The van der Waals surface area contributed by atoms with Gasteiger partial charge >= 0.3 is 0 Å². The summed E-state index contributed by atoms with van der Waals surface area (Å²) in [4.78, 5) is 14.9. The first-order chi connectivity index (χ1) is 8.72. The SMILES string of the molecule is O=Cc1cc(F)cc(N2CCN(CCO)CC2)c1. The molecule has 1 aliphatic rings. The molecular formula is C13H17FN2O2. The van der Waals surface area contributed by atoms with Gasteiger partial charge in [-0.2, -0.15) is 0 Å². The van der Waals surface area contributed by atoms with E-state index in [1.165, 1.54) is 12.1 Å². The average Bonchev–Trinajstić information content (AvgIpc) is 2.39. The van der Waals surface area contributed by atoms with E-state index in [9.17, 15) is 9.18 Å². The molecule has 1 saturated heterocycles.